The van der Waals surface area contributed by atoms with Crippen LogP contribution in [0.25, 0.3) is 0 Å². The molecule has 0 N–H and O–H groups in total. The van der Waals surface area contributed by atoms with Crippen molar-refractivity contribution >= 4 is 0 Å². The lowest BCUT2D eigenvalue weighted by atomic mass is 10.1. The van der Waals surface area contributed by atoms with E-state index in [1.165, 1.54) is 24.8 Å². The Kier molecular flexibility index (Phi) is 4.24. The van der Waals surface area contributed by atoms with Crippen LogP contribution in [0.4, 0.5) is 0 Å². The van der Waals surface area contributed by atoms with Gasteiger partial charge in [-0.05, 0) is 25.0 Å². The number of unbranched alkanes of at least 4 members (excludes halogenated alkanes) is 1. The Morgan fingerprint density at radius 1 is 1.54 bits per heavy atom. The minimum atomic E-state index is 0.903. The van der Waals surface area contributed by atoms with E-state index in [0.717, 1.165) is 6.54 Å². The fourth-order valence-electron chi connectivity index (χ4n) is 1.37. The van der Waals surface area contributed by atoms with Gasteiger partial charge in [0.25, 0.3) is 0 Å². The Balaban J connectivity index is 2.61. The monoisotopic (exact) mass is 176 g/mol. The molecule has 0 atom stereocenters. The number of aromatic nitrogens is 1. The van der Waals surface area contributed by atoms with Crippen LogP contribution in [-0.4, -0.2) is 0 Å². The van der Waals surface area contributed by atoms with Crippen LogP contribution in [0.2, 0.25) is 0 Å². The lowest BCUT2D eigenvalue weighted by molar-refractivity contribution is -0.687. The first kappa shape index (κ1) is 9.97. The van der Waals surface area contributed by atoms with Gasteiger partial charge in [0.15, 0.2) is 18.9 Å². The summed E-state index contributed by atoms with van der Waals surface area (Å²) in [6.45, 7) is 6.85. The van der Waals surface area contributed by atoms with Gasteiger partial charge in [0.1, 0.15) is 0 Å². The van der Waals surface area contributed by atoms with E-state index >= 15 is 0 Å². The summed E-state index contributed by atoms with van der Waals surface area (Å²) in [6, 6.07) is 4.30. The second-order valence-corrected chi connectivity index (χ2v) is 3.30. The number of nitrogens with zero attached hydrogens (tertiary/aromatic N) is 1. The van der Waals surface area contributed by atoms with Gasteiger partial charge in [-0.1, -0.05) is 19.9 Å². The van der Waals surface area contributed by atoms with Crippen LogP contribution in [-0.2, 0) is 13.0 Å². The van der Waals surface area contributed by atoms with Gasteiger partial charge in [-0.2, -0.15) is 0 Å². The first-order valence-electron chi connectivity index (χ1n) is 4.95. The molecule has 0 saturated carbocycles. The van der Waals surface area contributed by atoms with E-state index in [0.29, 0.717) is 0 Å². The summed E-state index contributed by atoms with van der Waals surface area (Å²) in [5.41, 5.74) is 1.42. The molecule has 1 heteroatoms. The Morgan fingerprint density at radius 2 is 2.38 bits per heavy atom. The van der Waals surface area contributed by atoms with Gasteiger partial charge >= 0.3 is 0 Å². The van der Waals surface area contributed by atoms with Gasteiger partial charge < -0.3 is 0 Å². The molecule has 0 fully saturated rings. The van der Waals surface area contributed by atoms with E-state index in [-0.39, 0.29) is 0 Å². The van der Waals surface area contributed by atoms with E-state index in [4.69, 9.17) is 0 Å². The van der Waals surface area contributed by atoms with Crippen molar-refractivity contribution in [2.45, 2.75) is 32.7 Å². The lowest BCUT2D eigenvalue weighted by Gasteiger charge is -1.97. The molecular weight excluding hydrogens is 158 g/mol. The van der Waals surface area contributed by atoms with Crippen molar-refractivity contribution in [3.8, 4) is 0 Å². The van der Waals surface area contributed by atoms with E-state index in [1.807, 2.05) is 6.08 Å². The fraction of sp³-hybridized carbons (Fsp3) is 0.417. The first-order valence-corrected chi connectivity index (χ1v) is 4.95. The van der Waals surface area contributed by atoms with Crippen LogP contribution in [0.15, 0.2) is 37.2 Å². The summed E-state index contributed by atoms with van der Waals surface area (Å²) in [4.78, 5) is 0. The molecule has 0 saturated heterocycles. The van der Waals surface area contributed by atoms with Gasteiger partial charge in [0.05, 0.1) is 0 Å². The largest absolute Gasteiger partial charge is 0.201 e. The number of pyridine rings is 1. The number of hydrogen-bond acceptors (Lipinski definition) is 0. The van der Waals surface area contributed by atoms with Crippen LogP contribution in [0.3, 0.4) is 0 Å². The summed E-state index contributed by atoms with van der Waals surface area (Å²) in [7, 11) is 0. The highest BCUT2D eigenvalue weighted by Crippen LogP contribution is 2.01. The third-order valence-corrected chi connectivity index (χ3v) is 2.08. The fourth-order valence-corrected chi connectivity index (χ4v) is 1.37. The molecule has 0 aliphatic rings. The molecule has 1 rings (SSSR count). The van der Waals surface area contributed by atoms with Crippen molar-refractivity contribution in [1.82, 2.24) is 0 Å². The van der Waals surface area contributed by atoms with Crippen LogP contribution >= 0.6 is 0 Å². The highest BCUT2D eigenvalue weighted by molar-refractivity contribution is 5.05. The van der Waals surface area contributed by atoms with E-state index < -0.39 is 0 Å². The zero-order valence-electron chi connectivity index (χ0n) is 8.37. The Labute approximate surface area is 80.7 Å². The Bertz CT molecular complexity index is 266. The maximum Gasteiger partial charge on any atom is 0.172 e. The molecule has 0 bridgehead atoms. The molecule has 0 spiro atoms. The molecular formula is C12H18N+. The first-order chi connectivity index (χ1) is 6.36. The third-order valence-electron chi connectivity index (χ3n) is 2.08. The van der Waals surface area contributed by atoms with Crippen molar-refractivity contribution in [2.75, 3.05) is 0 Å². The average molecular weight is 176 g/mol. The van der Waals surface area contributed by atoms with Gasteiger partial charge in [-0.15, -0.1) is 0 Å². The molecule has 1 nitrogen and oxygen atoms in total. The normalized spacial score (nSPS) is 9.92. The second kappa shape index (κ2) is 5.52. The van der Waals surface area contributed by atoms with Crippen molar-refractivity contribution in [3.05, 3.63) is 42.7 Å². The van der Waals surface area contributed by atoms with Crippen molar-refractivity contribution in [3.63, 3.8) is 0 Å². The lowest BCUT2D eigenvalue weighted by Crippen LogP contribution is -2.32. The predicted octanol–water partition coefficient (Wildman–Crippen LogP) is 2.50. The second-order valence-electron chi connectivity index (χ2n) is 3.30. The quantitative estimate of drug-likeness (QED) is 0.479. The van der Waals surface area contributed by atoms with E-state index in [1.54, 1.807) is 0 Å². The molecule has 1 aromatic heterocycles. The van der Waals surface area contributed by atoms with Crippen molar-refractivity contribution < 1.29 is 4.57 Å². The molecule has 13 heavy (non-hydrogen) atoms. The summed E-state index contributed by atoms with van der Waals surface area (Å²) in [6.07, 6.45) is 9.93. The van der Waals surface area contributed by atoms with E-state index in [9.17, 15) is 0 Å². The zero-order chi connectivity index (χ0) is 9.52. The third kappa shape index (κ3) is 3.41. The van der Waals surface area contributed by atoms with Gasteiger partial charge in [-0.3, -0.25) is 0 Å². The van der Waals surface area contributed by atoms with Crippen molar-refractivity contribution in [2.24, 2.45) is 0 Å². The summed E-state index contributed by atoms with van der Waals surface area (Å²) >= 11 is 0. The van der Waals surface area contributed by atoms with Gasteiger partial charge in [0, 0.05) is 11.6 Å². The average Bonchev–Trinajstić information content (AvgIpc) is 2.16. The summed E-state index contributed by atoms with van der Waals surface area (Å²) in [5, 5.41) is 0. The Morgan fingerprint density at radius 3 is 3.08 bits per heavy atom. The van der Waals surface area contributed by atoms with Crippen LogP contribution < -0.4 is 4.57 Å². The number of hydrogen-bond donors (Lipinski definition) is 0. The minimum Gasteiger partial charge on any atom is -0.201 e. The minimum absolute atomic E-state index is 0.903. The van der Waals surface area contributed by atoms with Gasteiger partial charge in [0.2, 0.25) is 0 Å². The van der Waals surface area contributed by atoms with E-state index in [2.05, 4.69) is 42.6 Å². The van der Waals surface area contributed by atoms with Gasteiger partial charge in [-0.25, -0.2) is 4.57 Å². The molecule has 0 amide bonds. The van der Waals surface area contributed by atoms with Crippen LogP contribution in [0, 0.1) is 0 Å². The smallest absolute Gasteiger partial charge is 0.172 e. The molecule has 0 radical (unpaired) electrons. The predicted molar refractivity (Wildman–Crippen MR) is 55.4 cm³/mol. The SMILES string of the molecule is C=CC[n+]1cccc(CCCC)c1. The highest BCUT2D eigenvalue weighted by atomic mass is 14.9. The molecule has 0 unspecified atom stereocenters. The zero-order valence-corrected chi connectivity index (χ0v) is 8.37. The molecule has 0 aliphatic heterocycles. The van der Waals surface area contributed by atoms with Crippen LogP contribution in [0.5, 0.6) is 0 Å². The highest BCUT2D eigenvalue weighted by Gasteiger charge is 1.99. The maximum atomic E-state index is 3.73. The van der Waals surface area contributed by atoms with Crippen LogP contribution in [0.1, 0.15) is 25.3 Å². The number of allylic oxidation sites excluding steroid dienone is 1. The summed E-state index contributed by atoms with van der Waals surface area (Å²) in [5.74, 6) is 0. The standard InChI is InChI=1S/C12H18N/c1-3-5-7-12-8-6-10-13(11-12)9-4-2/h4,6,8,10-11H,2-3,5,7,9H2,1H3/q+1. The summed E-state index contributed by atoms with van der Waals surface area (Å²) < 4.78 is 2.16. The number of rotatable bonds is 5. The Hall–Kier alpha value is -1.11. The molecule has 1 aromatic rings. The topological polar surface area (TPSA) is 3.88 Å². The van der Waals surface area contributed by atoms with Crippen molar-refractivity contribution in [1.29, 1.82) is 0 Å². The number of aryl methyl sites for hydroxylation is 1. The molecule has 1 heterocycles. The maximum absolute atomic E-state index is 3.73. The molecule has 0 aromatic carbocycles. The molecule has 70 valence electrons. The molecule has 0 aliphatic carbocycles.